The molecule has 1 aromatic carbocycles. The molecule has 0 atom stereocenters. The highest BCUT2D eigenvalue weighted by Gasteiger charge is 2.17. The summed E-state index contributed by atoms with van der Waals surface area (Å²) in [6.07, 6.45) is 0. The Morgan fingerprint density at radius 3 is 2.50 bits per heavy atom. The van der Waals surface area contributed by atoms with E-state index in [1.165, 1.54) is 37.3 Å². The third-order valence-corrected chi connectivity index (χ3v) is 4.93. The second-order valence-corrected chi connectivity index (χ2v) is 6.41. The van der Waals surface area contributed by atoms with Gasteiger partial charge in [0, 0.05) is 4.90 Å². The number of esters is 2. The van der Waals surface area contributed by atoms with Crippen molar-refractivity contribution in [3.63, 3.8) is 0 Å². The van der Waals surface area contributed by atoms with Crippen LogP contribution in [0.3, 0.4) is 0 Å². The molecule has 1 heterocycles. The second kappa shape index (κ2) is 8.51. The van der Waals surface area contributed by atoms with Crippen LogP contribution in [0.4, 0.5) is 5.69 Å². The van der Waals surface area contributed by atoms with Crippen molar-refractivity contribution in [1.82, 2.24) is 0 Å². The molecule has 2 aromatic rings. The van der Waals surface area contributed by atoms with Gasteiger partial charge >= 0.3 is 11.9 Å². The van der Waals surface area contributed by atoms with Gasteiger partial charge in [-0.15, -0.1) is 23.1 Å². The fraction of sp³-hybridized carbons (Fsp3) is 0.188. The van der Waals surface area contributed by atoms with Crippen molar-refractivity contribution in [3.05, 3.63) is 46.2 Å². The summed E-state index contributed by atoms with van der Waals surface area (Å²) >= 11 is 2.41. The molecule has 0 bridgehead atoms. The molecule has 24 heavy (non-hydrogen) atoms. The Kier molecular flexibility index (Phi) is 6.39. The first-order valence-corrected chi connectivity index (χ1v) is 8.69. The summed E-state index contributed by atoms with van der Waals surface area (Å²) in [6.45, 7) is 0. The van der Waals surface area contributed by atoms with Gasteiger partial charge < -0.3 is 14.8 Å². The summed E-state index contributed by atoms with van der Waals surface area (Å²) in [6, 6.07) is 8.53. The van der Waals surface area contributed by atoms with Crippen LogP contribution in [0.1, 0.15) is 20.0 Å². The number of hydrogen-bond donors (Lipinski definition) is 1. The minimum absolute atomic E-state index is 0.0878. The molecule has 1 N–H and O–H groups in total. The Balaban J connectivity index is 2.01. The van der Waals surface area contributed by atoms with E-state index in [0.29, 0.717) is 21.0 Å². The number of thiophene rings is 1. The number of anilines is 1. The summed E-state index contributed by atoms with van der Waals surface area (Å²) in [5, 5.41) is 4.37. The van der Waals surface area contributed by atoms with Gasteiger partial charge in [0.15, 0.2) is 0 Å². The standard InChI is InChI=1S/C16H15NO5S2/c1-21-15(19)10-5-3-4-6-12(10)24-9-13(18)17-11-7-8-23-14(11)16(20)22-2/h3-8H,9H2,1-2H3,(H,17,18). The van der Waals surface area contributed by atoms with E-state index in [1.807, 2.05) is 0 Å². The fourth-order valence-corrected chi connectivity index (χ4v) is 3.47. The maximum absolute atomic E-state index is 12.1. The number of nitrogens with one attached hydrogen (secondary N) is 1. The molecular formula is C16H15NO5S2. The molecule has 1 aromatic heterocycles. The lowest BCUT2D eigenvalue weighted by molar-refractivity contribution is -0.113. The first-order chi connectivity index (χ1) is 11.6. The molecule has 0 saturated carbocycles. The molecule has 0 unspecified atom stereocenters. The molecule has 0 aliphatic heterocycles. The first kappa shape index (κ1) is 18.0. The third-order valence-electron chi connectivity index (χ3n) is 2.96. The predicted molar refractivity (Wildman–Crippen MR) is 92.8 cm³/mol. The topological polar surface area (TPSA) is 81.7 Å². The van der Waals surface area contributed by atoms with Crippen LogP contribution in [-0.2, 0) is 14.3 Å². The number of rotatable bonds is 6. The number of carbonyl (C=O) groups is 3. The van der Waals surface area contributed by atoms with E-state index in [9.17, 15) is 14.4 Å². The van der Waals surface area contributed by atoms with Crippen LogP contribution in [0.2, 0.25) is 0 Å². The number of hydrogen-bond acceptors (Lipinski definition) is 7. The minimum Gasteiger partial charge on any atom is -0.465 e. The Bertz CT molecular complexity index is 756. The highest BCUT2D eigenvalue weighted by atomic mass is 32.2. The fourth-order valence-electron chi connectivity index (χ4n) is 1.86. The Labute approximate surface area is 147 Å². The van der Waals surface area contributed by atoms with E-state index in [4.69, 9.17) is 4.74 Å². The highest BCUT2D eigenvalue weighted by Crippen LogP contribution is 2.26. The Hall–Kier alpha value is -2.32. The van der Waals surface area contributed by atoms with Crippen LogP contribution < -0.4 is 5.32 Å². The van der Waals surface area contributed by atoms with Crippen LogP contribution in [0.15, 0.2) is 40.6 Å². The van der Waals surface area contributed by atoms with Gasteiger partial charge in [-0.2, -0.15) is 0 Å². The monoisotopic (exact) mass is 365 g/mol. The van der Waals surface area contributed by atoms with Crippen LogP contribution in [0.5, 0.6) is 0 Å². The lowest BCUT2D eigenvalue weighted by Gasteiger charge is -2.08. The smallest absolute Gasteiger partial charge is 0.350 e. The van der Waals surface area contributed by atoms with Crippen LogP contribution in [-0.4, -0.2) is 37.8 Å². The molecule has 0 fully saturated rings. The molecule has 1 amide bonds. The maximum Gasteiger partial charge on any atom is 0.350 e. The van der Waals surface area contributed by atoms with Gasteiger partial charge in [0.2, 0.25) is 5.91 Å². The number of ether oxygens (including phenoxy) is 2. The summed E-state index contributed by atoms with van der Waals surface area (Å²) in [5.41, 5.74) is 0.822. The zero-order valence-corrected chi connectivity index (χ0v) is 14.7. The molecular weight excluding hydrogens is 350 g/mol. The molecule has 0 saturated heterocycles. The number of thioether (sulfide) groups is 1. The van der Waals surface area contributed by atoms with E-state index < -0.39 is 11.9 Å². The van der Waals surface area contributed by atoms with Crippen molar-refractivity contribution in [1.29, 1.82) is 0 Å². The number of carbonyl (C=O) groups excluding carboxylic acids is 3. The molecule has 0 aliphatic rings. The summed E-state index contributed by atoms with van der Waals surface area (Å²) in [7, 11) is 2.59. The van der Waals surface area contributed by atoms with Crippen molar-refractivity contribution in [2.75, 3.05) is 25.3 Å². The number of amides is 1. The van der Waals surface area contributed by atoms with Gasteiger partial charge in [-0.3, -0.25) is 4.79 Å². The van der Waals surface area contributed by atoms with E-state index in [1.54, 1.807) is 35.7 Å². The predicted octanol–water partition coefficient (Wildman–Crippen LogP) is 3.05. The van der Waals surface area contributed by atoms with Gasteiger partial charge in [-0.25, -0.2) is 9.59 Å². The van der Waals surface area contributed by atoms with Gasteiger partial charge in [0.05, 0.1) is 31.2 Å². The van der Waals surface area contributed by atoms with E-state index in [-0.39, 0.29) is 11.7 Å². The summed E-state index contributed by atoms with van der Waals surface area (Å²) in [5.74, 6) is -1.15. The lowest BCUT2D eigenvalue weighted by atomic mass is 10.2. The first-order valence-electron chi connectivity index (χ1n) is 6.82. The summed E-state index contributed by atoms with van der Waals surface area (Å²) in [4.78, 5) is 36.4. The van der Waals surface area contributed by atoms with Crippen LogP contribution in [0.25, 0.3) is 0 Å². The molecule has 8 heteroatoms. The largest absolute Gasteiger partial charge is 0.465 e. The number of methoxy groups -OCH3 is 2. The lowest BCUT2D eigenvalue weighted by Crippen LogP contribution is -2.16. The SMILES string of the molecule is COC(=O)c1ccccc1SCC(=O)Nc1ccsc1C(=O)OC. The van der Waals surface area contributed by atoms with Crippen LogP contribution in [0, 0.1) is 0 Å². The van der Waals surface area contributed by atoms with E-state index >= 15 is 0 Å². The van der Waals surface area contributed by atoms with Crippen molar-refractivity contribution in [2.45, 2.75) is 4.90 Å². The third kappa shape index (κ3) is 4.36. The minimum atomic E-state index is -0.496. The molecule has 6 nitrogen and oxygen atoms in total. The van der Waals surface area contributed by atoms with Crippen molar-refractivity contribution in [3.8, 4) is 0 Å². The van der Waals surface area contributed by atoms with Gasteiger partial charge in [-0.1, -0.05) is 12.1 Å². The summed E-state index contributed by atoms with van der Waals surface area (Å²) < 4.78 is 9.38. The average molecular weight is 365 g/mol. The highest BCUT2D eigenvalue weighted by molar-refractivity contribution is 8.00. The van der Waals surface area contributed by atoms with Gasteiger partial charge in [0.1, 0.15) is 4.88 Å². The average Bonchev–Trinajstić information content (AvgIpc) is 3.06. The molecule has 2 rings (SSSR count). The normalized spacial score (nSPS) is 10.1. The maximum atomic E-state index is 12.1. The van der Waals surface area contributed by atoms with Gasteiger partial charge in [0.25, 0.3) is 0 Å². The van der Waals surface area contributed by atoms with Crippen molar-refractivity contribution >= 4 is 46.6 Å². The second-order valence-electron chi connectivity index (χ2n) is 4.48. The van der Waals surface area contributed by atoms with Crippen molar-refractivity contribution in [2.24, 2.45) is 0 Å². The Morgan fingerprint density at radius 1 is 1.08 bits per heavy atom. The zero-order valence-electron chi connectivity index (χ0n) is 13.0. The van der Waals surface area contributed by atoms with Crippen molar-refractivity contribution < 1.29 is 23.9 Å². The van der Waals surface area contributed by atoms with Gasteiger partial charge in [-0.05, 0) is 23.6 Å². The van der Waals surface area contributed by atoms with E-state index in [2.05, 4.69) is 10.1 Å². The van der Waals surface area contributed by atoms with E-state index in [0.717, 1.165) is 0 Å². The molecule has 126 valence electrons. The zero-order chi connectivity index (χ0) is 17.5. The van der Waals surface area contributed by atoms with Crippen LogP contribution >= 0.6 is 23.1 Å². The molecule has 0 aliphatic carbocycles. The molecule has 0 spiro atoms. The molecule has 0 radical (unpaired) electrons. The quantitative estimate of drug-likeness (QED) is 0.626. The Morgan fingerprint density at radius 2 is 1.79 bits per heavy atom. The number of benzene rings is 1.